The highest BCUT2D eigenvalue weighted by atomic mass is 35.5. The number of halogens is 4. The van der Waals surface area contributed by atoms with Crippen LogP contribution in [0, 0.1) is 19.7 Å². The lowest BCUT2D eigenvalue weighted by Gasteiger charge is -2.16. The lowest BCUT2D eigenvalue weighted by molar-refractivity contribution is 0.612. The molecule has 0 aliphatic carbocycles. The van der Waals surface area contributed by atoms with Gasteiger partial charge in [-0.1, -0.05) is 35.3 Å². The number of benzene rings is 2. The molecule has 0 fully saturated rings. The van der Waals surface area contributed by atoms with E-state index in [0.717, 1.165) is 16.7 Å². The summed E-state index contributed by atoms with van der Waals surface area (Å²) >= 11 is 18.2. The Morgan fingerprint density at radius 2 is 1.63 bits per heavy atom. The molecule has 0 saturated heterocycles. The third-order valence-corrected chi connectivity index (χ3v) is 4.17. The van der Waals surface area contributed by atoms with Crippen molar-refractivity contribution < 1.29 is 4.39 Å². The van der Waals surface area contributed by atoms with E-state index < -0.39 is 11.2 Å². The van der Waals surface area contributed by atoms with E-state index in [-0.39, 0.29) is 0 Å². The van der Waals surface area contributed by atoms with Crippen molar-refractivity contribution >= 4 is 34.8 Å². The molecule has 0 bridgehead atoms. The highest BCUT2D eigenvalue weighted by molar-refractivity contribution is 6.31. The summed E-state index contributed by atoms with van der Waals surface area (Å²) in [6.07, 6.45) is 0. The van der Waals surface area contributed by atoms with Crippen LogP contribution in [0.25, 0.3) is 0 Å². The molecule has 0 heterocycles. The Labute approximate surface area is 127 Å². The van der Waals surface area contributed by atoms with Crippen LogP contribution >= 0.6 is 34.8 Å². The largest absolute Gasteiger partial charge is 0.207 e. The fraction of sp³-hybridized carbons (Fsp3) is 0.200. The van der Waals surface area contributed by atoms with Crippen molar-refractivity contribution in [1.29, 1.82) is 0 Å². The maximum absolute atomic E-state index is 13.9. The minimum Gasteiger partial charge on any atom is -0.207 e. The van der Waals surface area contributed by atoms with Crippen molar-refractivity contribution in [2.45, 2.75) is 19.2 Å². The predicted molar refractivity (Wildman–Crippen MR) is 80.0 cm³/mol. The average Bonchev–Trinajstić information content (AvgIpc) is 2.33. The quantitative estimate of drug-likeness (QED) is 0.589. The SMILES string of the molecule is Cc1cc(C(Cl)c2ccc(Cl)cc2F)c(C)cc1Cl. The van der Waals surface area contributed by atoms with Gasteiger partial charge in [0.2, 0.25) is 0 Å². The van der Waals surface area contributed by atoms with Gasteiger partial charge in [0, 0.05) is 15.6 Å². The van der Waals surface area contributed by atoms with Gasteiger partial charge in [-0.2, -0.15) is 0 Å². The van der Waals surface area contributed by atoms with Gasteiger partial charge in [-0.05, 0) is 48.7 Å². The van der Waals surface area contributed by atoms with E-state index in [1.165, 1.54) is 6.07 Å². The van der Waals surface area contributed by atoms with Crippen LogP contribution in [-0.4, -0.2) is 0 Å². The summed E-state index contributed by atoms with van der Waals surface area (Å²) in [4.78, 5) is 0. The van der Waals surface area contributed by atoms with Crippen LogP contribution in [0.5, 0.6) is 0 Å². The van der Waals surface area contributed by atoms with Crippen LogP contribution in [0.15, 0.2) is 30.3 Å². The first-order chi connectivity index (χ1) is 8.90. The predicted octanol–water partition coefficient (Wildman–Crippen LogP) is 6.08. The molecular formula is C15H12Cl3F. The highest BCUT2D eigenvalue weighted by Crippen LogP contribution is 2.35. The van der Waals surface area contributed by atoms with E-state index in [4.69, 9.17) is 34.8 Å². The van der Waals surface area contributed by atoms with Crippen LogP contribution in [0.2, 0.25) is 10.0 Å². The van der Waals surface area contributed by atoms with Gasteiger partial charge in [-0.3, -0.25) is 0 Å². The molecule has 19 heavy (non-hydrogen) atoms. The third-order valence-electron chi connectivity index (χ3n) is 3.06. The number of hydrogen-bond acceptors (Lipinski definition) is 0. The lowest BCUT2D eigenvalue weighted by Crippen LogP contribution is -2.00. The van der Waals surface area contributed by atoms with Gasteiger partial charge >= 0.3 is 0 Å². The average molecular weight is 318 g/mol. The summed E-state index contributed by atoms with van der Waals surface area (Å²) < 4.78 is 13.9. The van der Waals surface area contributed by atoms with Crippen molar-refractivity contribution in [2.75, 3.05) is 0 Å². The normalized spacial score (nSPS) is 12.5. The molecule has 0 aromatic heterocycles. The van der Waals surface area contributed by atoms with Crippen LogP contribution in [-0.2, 0) is 0 Å². The number of hydrogen-bond donors (Lipinski definition) is 0. The molecule has 0 aliphatic heterocycles. The van der Waals surface area contributed by atoms with Crippen molar-refractivity contribution in [2.24, 2.45) is 0 Å². The molecule has 0 saturated carbocycles. The number of rotatable bonds is 2. The standard InChI is InChI=1S/C15H12Cl3F/c1-8-6-13(17)9(2)5-12(8)15(18)11-4-3-10(16)7-14(11)19/h3-7,15H,1-2H3. The molecule has 0 amide bonds. The minimum atomic E-state index is -0.562. The molecule has 2 aromatic rings. The Morgan fingerprint density at radius 1 is 0.947 bits per heavy atom. The first-order valence-corrected chi connectivity index (χ1v) is 6.95. The summed E-state index contributed by atoms with van der Waals surface area (Å²) in [5.41, 5.74) is 3.12. The first-order valence-electron chi connectivity index (χ1n) is 5.76. The van der Waals surface area contributed by atoms with Crippen molar-refractivity contribution in [1.82, 2.24) is 0 Å². The molecular weight excluding hydrogens is 306 g/mol. The summed E-state index contributed by atoms with van der Waals surface area (Å²) in [5.74, 6) is -0.403. The molecule has 2 aromatic carbocycles. The summed E-state index contributed by atoms with van der Waals surface area (Å²) in [5, 5.41) is 0.476. The Kier molecular flexibility index (Phi) is 4.39. The summed E-state index contributed by atoms with van der Waals surface area (Å²) in [7, 11) is 0. The zero-order valence-electron chi connectivity index (χ0n) is 10.5. The van der Waals surface area contributed by atoms with Crippen LogP contribution in [0.3, 0.4) is 0 Å². The van der Waals surface area contributed by atoms with Gasteiger partial charge in [0.1, 0.15) is 5.82 Å². The molecule has 0 radical (unpaired) electrons. The van der Waals surface area contributed by atoms with Gasteiger partial charge in [0.25, 0.3) is 0 Å². The van der Waals surface area contributed by atoms with E-state index in [0.29, 0.717) is 15.6 Å². The topological polar surface area (TPSA) is 0 Å². The Bertz CT molecular complexity index is 623. The Morgan fingerprint density at radius 3 is 2.26 bits per heavy atom. The zero-order valence-corrected chi connectivity index (χ0v) is 12.7. The molecule has 0 aliphatic rings. The van der Waals surface area contributed by atoms with E-state index >= 15 is 0 Å². The van der Waals surface area contributed by atoms with Crippen molar-refractivity contribution in [3.05, 3.63) is 68.4 Å². The van der Waals surface area contributed by atoms with E-state index in [1.54, 1.807) is 12.1 Å². The Hall–Kier alpha value is -0.760. The first kappa shape index (κ1) is 14.6. The smallest absolute Gasteiger partial charge is 0.129 e. The van der Waals surface area contributed by atoms with Crippen LogP contribution in [0.1, 0.15) is 27.6 Å². The fourth-order valence-electron chi connectivity index (χ4n) is 1.95. The summed E-state index contributed by atoms with van der Waals surface area (Å²) in [6.45, 7) is 3.80. The molecule has 0 spiro atoms. The number of alkyl halides is 1. The molecule has 0 nitrogen and oxygen atoms in total. The molecule has 4 heteroatoms. The molecule has 0 N–H and O–H groups in total. The summed E-state index contributed by atoms with van der Waals surface area (Å²) in [6, 6.07) is 8.25. The minimum absolute atomic E-state index is 0.356. The van der Waals surface area contributed by atoms with Gasteiger partial charge in [-0.25, -0.2) is 4.39 Å². The maximum Gasteiger partial charge on any atom is 0.129 e. The fourth-order valence-corrected chi connectivity index (χ4v) is 2.74. The third kappa shape index (κ3) is 3.05. The molecule has 1 unspecified atom stereocenters. The second-order valence-electron chi connectivity index (χ2n) is 4.49. The maximum atomic E-state index is 13.9. The second-order valence-corrected chi connectivity index (χ2v) is 5.77. The van der Waals surface area contributed by atoms with E-state index in [2.05, 4.69) is 0 Å². The number of aryl methyl sites for hydroxylation is 2. The lowest BCUT2D eigenvalue weighted by atomic mass is 9.98. The van der Waals surface area contributed by atoms with Crippen molar-refractivity contribution in [3.63, 3.8) is 0 Å². The van der Waals surface area contributed by atoms with Gasteiger partial charge in [0.15, 0.2) is 0 Å². The molecule has 2 rings (SSSR count). The van der Waals surface area contributed by atoms with E-state index in [1.807, 2.05) is 26.0 Å². The van der Waals surface area contributed by atoms with Crippen molar-refractivity contribution in [3.8, 4) is 0 Å². The highest BCUT2D eigenvalue weighted by Gasteiger charge is 2.18. The van der Waals surface area contributed by atoms with Gasteiger partial charge in [-0.15, -0.1) is 11.6 Å². The van der Waals surface area contributed by atoms with Gasteiger partial charge in [0.05, 0.1) is 5.38 Å². The van der Waals surface area contributed by atoms with Crippen LogP contribution < -0.4 is 0 Å². The molecule has 1 atom stereocenters. The van der Waals surface area contributed by atoms with Crippen LogP contribution in [0.4, 0.5) is 4.39 Å². The zero-order chi connectivity index (χ0) is 14.2. The Balaban J connectivity index is 2.49. The second kappa shape index (κ2) is 5.70. The molecule has 100 valence electrons. The monoisotopic (exact) mass is 316 g/mol. The van der Waals surface area contributed by atoms with Gasteiger partial charge < -0.3 is 0 Å². The van der Waals surface area contributed by atoms with E-state index in [9.17, 15) is 4.39 Å².